The standard InChI is InChI=1S/C16H17F2NO2/c1-21-10-11-4-2-3-5-15(11)19-9-16(20)13-7-6-12(17)8-14(13)18/h2-8,16,19-20H,9-10H2,1H3. The molecule has 0 amide bonds. The Labute approximate surface area is 122 Å². The fourth-order valence-electron chi connectivity index (χ4n) is 2.06. The number of benzene rings is 2. The average Bonchev–Trinajstić information content (AvgIpc) is 2.46. The Balaban J connectivity index is 2.05. The number of methoxy groups -OCH3 is 1. The van der Waals surface area contributed by atoms with Crippen LogP contribution in [0.15, 0.2) is 42.5 Å². The van der Waals surface area contributed by atoms with Crippen LogP contribution in [0.1, 0.15) is 17.2 Å². The summed E-state index contributed by atoms with van der Waals surface area (Å²) in [7, 11) is 1.60. The van der Waals surface area contributed by atoms with Crippen LogP contribution in [0, 0.1) is 11.6 Å². The quantitative estimate of drug-likeness (QED) is 0.859. The molecule has 0 saturated carbocycles. The van der Waals surface area contributed by atoms with Gasteiger partial charge in [0, 0.05) is 36.5 Å². The number of hydrogen-bond acceptors (Lipinski definition) is 3. The molecule has 1 atom stereocenters. The lowest BCUT2D eigenvalue weighted by atomic mass is 10.1. The summed E-state index contributed by atoms with van der Waals surface area (Å²) in [6.45, 7) is 0.549. The molecule has 0 aliphatic carbocycles. The number of para-hydroxylation sites is 1. The molecule has 0 bridgehead atoms. The molecule has 1 unspecified atom stereocenters. The van der Waals surface area contributed by atoms with Gasteiger partial charge in [-0.3, -0.25) is 0 Å². The molecule has 21 heavy (non-hydrogen) atoms. The van der Waals surface area contributed by atoms with Gasteiger partial charge in [0.2, 0.25) is 0 Å². The first-order chi connectivity index (χ1) is 10.1. The highest BCUT2D eigenvalue weighted by molar-refractivity contribution is 5.51. The monoisotopic (exact) mass is 293 g/mol. The Bertz CT molecular complexity index is 605. The van der Waals surface area contributed by atoms with E-state index in [9.17, 15) is 13.9 Å². The number of rotatable bonds is 6. The molecule has 0 spiro atoms. The number of ether oxygens (including phenoxy) is 1. The lowest BCUT2D eigenvalue weighted by Crippen LogP contribution is -2.14. The summed E-state index contributed by atoms with van der Waals surface area (Å²) in [6.07, 6.45) is -1.07. The zero-order valence-corrected chi connectivity index (χ0v) is 11.6. The molecule has 0 radical (unpaired) electrons. The summed E-state index contributed by atoms with van der Waals surface area (Å²) in [5, 5.41) is 13.1. The first-order valence-corrected chi connectivity index (χ1v) is 6.55. The number of aliphatic hydroxyl groups excluding tert-OH is 1. The summed E-state index contributed by atoms with van der Waals surface area (Å²) in [6, 6.07) is 10.6. The Morgan fingerprint density at radius 1 is 1.19 bits per heavy atom. The number of nitrogens with one attached hydrogen (secondary N) is 1. The van der Waals surface area contributed by atoms with Gasteiger partial charge in [-0.15, -0.1) is 0 Å². The van der Waals surface area contributed by atoms with E-state index in [1.165, 1.54) is 6.07 Å². The average molecular weight is 293 g/mol. The van der Waals surface area contributed by atoms with Crippen LogP contribution in [-0.4, -0.2) is 18.8 Å². The van der Waals surface area contributed by atoms with Crippen molar-refractivity contribution < 1.29 is 18.6 Å². The van der Waals surface area contributed by atoms with Crippen LogP contribution in [-0.2, 0) is 11.3 Å². The van der Waals surface area contributed by atoms with E-state index in [0.29, 0.717) is 6.61 Å². The highest BCUT2D eigenvalue weighted by Crippen LogP contribution is 2.21. The van der Waals surface area contributed by atoms with E-state index in [4.69, 9.17) is 4.74 Å². The Kier molecular flexibility index (Phi) is 5.25. The van der Waals surface area contributed by atoms with Crippen molar-refractivity contribution >= 4 is 5.69 Å². The third-order valence-electron chi connectivity index (χ3n) is 3.12. The molecule has 2 N–H and O–H groups in total. The van der Waals surface area contributed by atoms with Gasteiger partial charge in [-0.2, -0.15) is 0 Å². The van der Waals surface area contributed by atoms with E-state index in [2.05, 4.69) is 5.32 Å². The smallest absolute Gasteiger partial charge is 0.131 e. The molecule has 0 fully saturated rings. The minimum Gasteiger partial charge on any atom is -0.386 e. The molecule has 2 rings (SSSR count). The van der Waals surface area contributed by atoms with Crippen molar-refractivity contribution in [2.24, 2.45) is 0 Å². The zero-order chi connectivity index (χ0) is 15.2. The molecular weight excluding hydrogens is 276 g/mol. The molecule has 0 saturated heterocycles. The Morgan fingerprint density at radius 3 is 2.67 bits per heavy atom. The third kappa shape index (κ3) is 4.00. The van der Waals surface area contributed by atoms with Gasteiger partial charge in [-0.25, -0.2) is 8.78 Å². The third-order valence-corrected chi connectivity index (χ3v) is 3.12. The van der Waals surface area contributed by atoms with E-state index >= 15 is 0 Å². The van der Waals surface area contributed by atoms with Crippen molar-refractivity contribution in [2.45, 2.75) is 12.7 Å². The van der Waals surface area contributed by atoms with E-state index < -0.39 is 17.7 Å². The van der Waals surface area contributed by atoms with E-state index in [-0.39, 0.29) is 12.1 Å². The number of aliphatic hydroxyl groups is 1. The van der Waals surface area contributed by atoms with E-state index in [1.807, 2.05) is 24.3 Å². The minimum absolute atomic E-state index is 0.0631. The molecule has 2 aromatic rings. The highest BCUT2D eigenvalue weighted by Gasteiger charge is 2.14. The topological polar surface area (TPSA) is 41.5 Å². The molecule has 0 heterocycles. The first kappa shape index (κ1) is 15.4. The molecule has 0 aromatic heterocycles. The SMILES string of the molecule is COCc1ccccc1NCC(O)c1ccc(F)cc1F. The van der Waals surface area contributed by atoms with Gasteiger partial charge in [0.15, 0.2) is 0 Å². The number of halogens is 2. The summed E-state index contributed by atoms with van der Waals surface area (Å²) in [5.41, 5.74) is 1.81. The van der Waals surface area contributed by atoms with E-state index in [1.54, 1.807) is 7.11 Å². The Hall–Kier alpha value is -1.98. The minimum atomic E-state index is -1.07. The van der Waals surface area contributed by atoms with Gasteiger partial charge >= 0.3 is 0 Å². The zero-order valence-electron chi connectivity index (χ0n) is 11.6. The maximum atomic E-state index is 13.6. The van der Waals surface area contributed by atoms with Gasteiger partial charge < -0.3 is 15.2 Å². The largest absolute Gasteiger partial charge is 0.386 e. The predicted octanol–water partition coefficient (Wildman–Crippen LogP) is 3.26. The van der Waals surface area contributed by atoms with Gasteiger partial charge in [0.25, 0.3) is 0 Å². The predicted molar refractivity (Wildman–Crippen MR) is 77.0 cm³/mol. The second kappa shape index (κ2) is 7.15. The normalized spacial score (nSPS) is 12.2. The summed E-state index contributed by atoms with van der Waals surface area (Å²) >= 11 is 0. The lowest BCUT2D eigenvalue weighted by Gasteiger charge is -2.16. The van der Waals surface area contributed by atoms with Crippen LogP contribution < -0.4 is 5.32 Å². The van der Waals surface area contributed by atoms with Gasteiger partial charge in [-0.05, 0) is 12.1 Å². The second-order valence-corrected chi connectivity index (χ2v) is 4.65. The van der Waals surface area contributed by atoms with Crippen molar-refractivity contribution in [3.8, 4) is 0 Å². The van der Waals surface area contributed by atoms with Crippen molar-refractivity contribution in [2.75, 3.05) is 19.0 Å². The molecule has 112 valence electrons. The van der Waals surface area contributed by atoms with Crippen molar-refractivity contribution in [1.82, 2.24) is 0 Å². The molecule has 3 nitrogen and oxygen atoms in total. The van der Waals surface area contributed by atoms with Crippen LogP contribution in [0.4, 0.5) is 14.5 Å². The fraction of sp³-hybridized carbons (Fsp3) is 0.250. The highest BCUT2D eigenvalue weighted by atomic mass is 19.1. The molecule has 2 aromatic carbocycles. The van der Waals surface area contributed by atoms with Crippen LogP contribution >= 0.6 is 0 Å². The second-order valence-electron chi connectivity index (χ2n) is 4.65. The van der Waals surface area contributed by atoms with Crippen molar-refractivity contribution in [3.63, 3.8) is 0 Å². The molecule has 5 heteroatoms. The molecule has 0 aliphatic heterocycles. The summed E-state index contributed by atoms with van der Waals surface area (Å²) < 4.78 is 31.5. The van der Waals surface area contributed by atoms with Crippen LogP contribution in [0.2, 0.25) is 0 Å². The number of hydrogen-bond donors (Lipinski definition) is 2. The summed E-state index contributed by atoms with van der Waals surface area (Å²) in [5.74, 6) is -1.42. The van der Waals surface area contributed by atoms with Crippen LogP contribution in [0.3, 0.4) is 0 Å². The van der Waals surface area contributed by atoms with Crippen molar-refractivity contribution in [3.05, 3.63) is 65.2 Å². The van der Waals surface area contributed by atoms with Crippen LogP contribution in [0.25, 0.3) is 0 Å². The van der Waals surface area contributed by atoms with Crippen molar-refractivity contribution in [1.29, 1.82) is 0 Å². The molecular formula is C16H17F2NO2. The fourth-order valence-corrected chi connectivity index (χ4v) is 2.06. The van der Waals surface area contributed by atoms with E-state index in [0.717, 1.165) is 23.4 Å². The Morgan fingerprint density at radius 2 is 1.95 bits per heavy atom. The van der Waals surface area contributed by atoms with Gasteiger partial charge in [-0.1, -0.05) is 24.3 Å². The lowest BCUT2D eigenvalue weighted by molar-refractivity contribution is 0.183. The molecule has 0 aliphatic rings. The summed E-state index contributed by atoms with van der Waals surface area (Å²) in [4.78, 5) is 0. The van der Waals surface area contributed by atoms with Crippen LogP contribution in [0.5, 0.6) is 0 Å². The number of anilines is 1. The first-order valence-electron chi connectivity index (χ1n) is 6.55. The van der Waals surface area contributed by atoms with Gasteiger partial charge in [0.1, 0.15) is 11.6 Å². The maximum absolute atomic E-state index is 13.6. The van der Waals surface area contributed by atoms with Gasteiger partial charge in [0.05, 0.1) is 12.7 Å². The maximum Gasteiger partial charge on any atom is 0.131 e.